The zero-order chi connectivity index (χ0) is 12.4. The second-order valence-electron chi connectivity index (χ2n) is 3.91. The molecule has 1 heterocycles. The summed E-state index contributed by atoms with van der Waals surface area (Å²) in [5.74, 6) is -0.349. The van der Waals surface area contributed by atoms with E-state index < -0.39 is 6.09 Å². The van der Waals surface area contributed by atoms with Gasteiger partial charge in [0.15, 0.2) is 0 Å². The van der Waals surface area contributed by atoms with Crippen molar-refractivity contribution in [1.29, 1.82) is 0 Å². The van der Waals surface area contributed by atoms with E-state index in [9.17, 15) is 9.59 Å². The van der Waals surface area contributed by atoms with Crippen molar-refractivity contribution in [3.05, 3.63) is 35.9 Å². The van der Waals surface area contributed by atoms with Gasteiger partial charge in [0, 0.05) is 14.0 Å². The van der Waals surface area contributed by atoms with Crippen LogP contribution in [0.15, 0.2) is 30.3 Å². The number of imide groups is 1. The number of rotatable bonds is 1. The first kappa shape index (κ1) is 11.6. The van der Waals surface area contributed by atoms with Gasteiger partial charge in [-0.3, -0.25) is 4.79 Å². The molecule has 0 N–H and O–H groups in total. The van der Waals surface area contributed by atoms with E-state index in [0.29, 0.717) is 0 Å². The Morgan fingerprint density at radius 1 is 1.35 bits per heavy atom. The van der Waals surface area contributed by atoms with E-state index in [4.69, 9.17) is 4.74 Å². The molecule has 90 valence electrons. The van der Waals surface area contributed by atoms with Crippen molar-refractivity contribution < 1.29 is 14.3 Å². The molecule has 5 nitrogen and oxygen atoms in total. The van der Waals surface area contributed by atoms with Crippen LogP contribution in [0.5, 0.6) is 0 Å². The molecule has 1 aliphatic heterocycles. The number of benzene rings is 1. The summed E-state index contributed by atoms with van der Waals surface area (Å²) in [5.41, 5.74) is 1.01. The average Bonchev–Trinajstić information content (AvgIpc) is 2.30. The van der Waals surface area contributed by atoms with Crippen LogP contribution >= 0.6 is 0 Å². The van der Waals surface area contributed by atoms with E-state index in [1.807, 2.05) is 30.3 Å². The minimum absolute atomic E-state index is 0.127. The molecule has 2 rings (SSSR count). The van der Waals surface area contributed by atoms with Crippen LogP contribution in [-0.2, 0) is 9.53 Å². The Labute approximate surface area is 99.5 Å². The molecule has 17 heavy (non-hydrogen) atoms. The molecular weight excluding hydrogens is 220 g/mol. The van der Waals surface area contributed by atoms with Crippen LogP contribution in [0.3, 0.4) is 0 Å². The zero-order valence-corrected chi connectivity index (χ0v) is 9.79. The van der Waals surface area contributed by atoms with Gasteiger partial charge in [0.05, 0.1) is 6.04 Å². The predicted molar refractivity (Wildman–Crippen MR) is 60.8 cm³/mol. The molecular formula is C12H14N2O3. The first-order valence-corrected chi connectivity index (χ1v) is 5.36. The fourth-order valence-corrected chi connectivity index (χ4v) is 1.93. The van der Waals surface area contributed by atoms with E-state index in [1.165, 1.54) is 6.92 Å². The molecule has 1 aliphatic rings. The summed E-state index contributed by atoms with van der Waals surface area (Å²) in [6.45, 7) is 1.59. The second-order valence-corrected chi connectivity index (χ2v) is 3.91. The summed E-state index contributed by atoms with van der Waals surface area (Å²) in [6, 6.07) is 9.51. The Morgan fingerprint density at radius 3 is 2.59 bits per heavy atom. The summed E-state index contributed by atoms with van der Waals surface area (Å²) in [7, 11) is 1.71. The maximum absolute atomic E-state index is 11.5. The maximum Gasteiger partial charge on any atom is 0.431 e. The Bertz CT molecular complexity index is 433. The first-order chi connectivity index (χ1) is 8.11. The molecule has 2 amide bonds. The monoisotopic (exact) mass is 234 g/mol. The molecule has 1 atom stereocenters. The third-order valence-corrected chi connectivity index (χ3v) is 2.79. The van der Waals surface area contributed by atoms with Crippen molar-refractivity contribution in [1.82, 2.24) is 10.0 Å². The molecule has 0 unspecified atom stereocenters. The smallest absolute Gasteiger partial charge is 0.431 e. The highest BCUT2D eigenvalue weighted by Crippen LogP contribution is 2.25. The Hall–Kier alpha value is -1.88. The van der Waals surface area contributed by atoms with E-state index in [-0.39, 0.29) is 18.6 Å². The summed E-state index contributed by atoms with van der Waals surface area (Å²) >= 11 is 0. The van der Waals surface area contributed by atoms with Gasteiger partial charge in [-0.05, 0) is 5.56 Å². The number of hydrogen-bond donors (Lipinski definition) is 0. The van der Waals surface area contributed by atoms with Gasteiger partial charge in [-0.2, -0.15) is 5.01 Å². The van der Waals surface area contributed by atoms with Gasteiger partial charge in [-0.15, -0.1) is 0 Å². The van der Waals surface area contributed by atoms with Crippen molar-refractivity contribution >= 4 is 12.0 Å². The highest BCUT2D eigenvalue weighted by atomic mass is 16.6. The minimum Gasteiger partial charge on any atom is -0.446 e. The number of ether oxygens (including phenoxy) is 1. The van der Waals surface area contributed by atoms with Crippen LogP contribution in [0.4, 0.5) is 4.79 Å². The van der Waals surface area contributed by atoms with Gasteiger partial charge in [-0.25, -0.2) is 9.80 Å². The molecule has 0 saturated carbocycles. The fourth-order valence-electron chi connectivity index (χ4n) is 1.93. The maximum atomic E-state index is 11.5. The topological polar surface area (TPSA) is 49.9 Å². The first-order valence-electron chi connectivity index (χ1n) is 5.36. The third kappa shape index (κ3) is 2.14. The van der Waals surface area contributed by atoms with E-state index in [0.717, 1.165) is 10.6 Å². The lowest BCUT2D eigenvalue weighted by molar-refractivity contribution is -0.152. The quantitative estimate of drug-likeness (QED) is 0.740. The number of carbonyl (C=O) groups is 2. The van der Waals surface area contributed by atoms with Crippen LogP contribution in [0.25, 0.3) is 0 Å². The standard InChI is InChI=1S/C12H14N2O3/c1-9(15)14-12(16)17-8-11(13(14)2)10-6-4-3-5-7-10/h3-7,11H,8H2,1-2H3/t11-/m0/s1. The number of carbonyl (C=O) groups excluding carboxylic acids is 2. The van der Waals surface area contributed by atoms with Crippen LogP contribution < -0.4 is 0 Å². The van der Waals surface area contributed by atoms with E-state index >= 15 is 0 Å². The number of amides is 2. The predicted octanol–water partition coefficient (Wildman–Crippen LogP) is 1.57. The zero-order valence-electron chi connectivity index (χ0n) is 9.79. The van der Waals surface area contributed by atoms with Crippen LogP contribution in [0, 0.1) is 0 Å². The van der Waals surface area contributed by atoms with Crippen LogP contribution in [-0.4, -0.2) is 35.7 Å². The minimum atomic E-state index is -0.618. The molecule has 0 bridgehead atoms. The fraction of sp³-hybridized carbons (Fsp3) is 0.333. The lowest BCUT2D eigenvalue weighted by Gasteiger charge is -2.39. The highest BCUT2D eigenvalue weighted by Gasteiger charge is 2.35. The van der Waals surface area contributed by atoms with Crippen molar-refractivity contribution in [3.8, 4) is 0 Å². The lowest BCUT2D eigenvalue weighted by Crippen LogP contribution is -2.54. The molecule has 0 aromatic heterocycles. The number of nitrogens with zero attached hydrogens (tertiary/aromatic N) is 2. The molecule has 0 spiro atoms. The molecule has 1 aromatic carbocycles. The normalized spacial score (nSPS) is 21.2. The van der Waals surface area contributed by atoms with Crippen molar-refractivity contribution in [2.45, 2.75) is 13.0 Å². The van der Waals surface area contributed by atoms with Gasteiger partial charge in [0.2, 0.25) is 5.91 Å². The van der Waals surface area contributed by atoms with Gasteiger partial charge in [0.25, 0.3) is 0 Å². The van der Waals surface area contributed by atoms with E-state index in [2.05, 4.69) is 0 Å². The molecule has 0 aliphatic carbocycles. The lowest BCUT2D eigenvalue weighted by atomic mass is 10.1. The highest BCUT2D eigenvalue weighted by molar-refractivity contribution is 5.90. The van der Waals surface area contributed by atoms with Gasteiger partial charge < -0.3 is 4.74 Å². The summed E-state index contributed by atoms with van der Waals surface area (Å²) in [6.07, 6.45) is -0.618. The van der Waals surface area contributed by atoms with Crippen LogP contribution in [0.1, 0.15) is 18.5 Å². The number of hydrogen-bond acceptors (Lipinski definition) is 4. The molecule has 5 heteroatoms. The van der Waals surface area contributed by atoms with Crippen molar-refractivity contribution in [3.63, 3.8) is 0 Å². The Kier molecular flexibility index (Phi) is 3.10. The molecule has 1 fully saturated rings. The third-order valence-electron chi connectivity index (χ3n) is 2.79. The Morgan fingerprint density at radius 2 is 2.00 bits per heavy atom. The summed E-state index contributed by atoms with van der Waals surface area (Å²) < 4.78 is 5.01. The second kappa shape index (κ2) is 4.55. The van der Waals surface area contributed by atoms with Gasteiger partial charge in [0.1, 0.15) is 6.61 Å². The number of likely N-dealkylation sites (N-methyl/N-ethyl adjacent to an activating group) is 1. The largest absolute Gasteiger partial charge is 0.446 e. The average molecular weight is 234 g/mol. The number of hydrazine groups is 1. The van der Waals surface area contributed by atoms with E-state index in [1.54, 1.807) is 12.1 Å². The molecule has 0 radical (unpaired) electrons. The summed E-state index contributed by atoms with van der Waals surface area (Å²) in [4.78, 5) is 22.8. The van der Waals surface area contributed by atoms with Crippen molar-refractivity contribution in [2.75, 3.05) is 13.7 Å². The van der Waals surface area contributed by atoms with Crippen molar-refractivity contribution in [2.24, 2.45) is 0 Å². The SMILES string of the molecule is CC(=O)N1C(=O)OC[C@@H](c2ccccc2)N1C. The molecule has 1 saturated heterocycles. The van der Waals surface area contributed by atoms with Gasteiger partial charge >= 0.3 is 6.09 Å². The Balaban J connectivity index is 2.26. The number of cyclic esters (lactones) is 1. The molecule has 1 aromatic rings. The van der Waals surface area contributed by atoms with Crippen LogP contribution in [0.2, 0.25) is 0 Å². The summed E-state index contributed by atoms with van der Waals surface area (Å²) in [5, 5.41) is 2.63. The van der Waals surface area contributed by atoms with Gasteiger partial charge in [-0.1, -0.05) is 30.3 Å².